The molecule has 2 aromatic carbocycles. The second-order valence-electron chi connectivity index (χ2n) is 12.6. The lowest BCUT2D eigenvalue weighted by atomic mass is 9.72. The van der Waals surface area contributed by atoms with Crippen molar-refractivity contribution in [1.29, 1.82) is 0 Å². The highest BCUT2D eigenvalue weighted by Gasteiger charge is 2.38. The van der Waals surface area contributed by atoms with Crippen molar-refractivity contribution in [3.8, 4) is 0 Å². The topological polar surface area (TPSA) is 80.7 Å². The molecule has 0 unspecified atom stereocenters. The fourth-order valence-electron chi connectivity index (χ4n) is 6.83. The van der Waals surface area contributed by atoms with Crippen LogP contribution in [0.5, 0.6) is 0 Å². The van der Waals surface area contributed by atoms with Gasteiger partial charge in [0, 0.05) is 28.1 Å². The summed E-state index contributed by atoms with van der Waals surface area (Å²) in [5.41, 5.74) is 2.86. The maximum absolute atomic E-state index is 13.7. The van der Waals surface area contributed by atoms with Crippen molar-refractivity contribution < 1.29 is 24.2 Å². The standard InChI is InChI=1S/C38H49ClO5/c39-31-25-23-29(24-26-31)28-19-21-30(22-20-28)35-36(42)32-16-13-14-17-33(32)37(43)38(35)44-27-15-11-9-7-5-3-1-2-4-6-8-10-12-18-34(40)41/h13-14,16-17,23-26,28,30H,1-12,15,18-22,27H2,(H,40,41). The van der Waals surface area contributed by atoms with E-state index >= 15 is 0 Å². The van der Waals surface area contributed by atoms with Gasteiger partial charge in [0.2, 0.25) is 5.78 Å². The molecule has 44 heavy (non-hydrogen) atoms. The smallest absolute Gasteiger partial charge is 0.303 e. The van der Waals surface area contributed by atoms with Gasteiger partial charge in [0.25, 0.3) is 0 Å². The van der Waals surface area contributed by atoms with Gasteiger partial charge >= 0.3 is 5.97 Å². The number of hydrogen-bond acceptors (Lipinski definition) is 4. The summed E-state index contributed by atoms with van der Waals surface area (Å²) in [6, 6.07) is 15.3. The molecule has 0 atom stereocenters. The number of carbonyl (C=O) groups excluding carboxylic acids is 2. The van der Waals surface area contributed by atoms with E-state index in [2.05, 4.69) is 12.1 Å². The number of carbonyl (C=O) groups is 3. The highest BCUT2D eigenvalue weighted by atomic mass is 35.5. The summed E-state index contributed by atoms with van der Waals surface area (Å²) >= 11 is 6.09. The number of benzene rings is 2. The van der Waals surface area contributed by atoms with E-state index in [1.165, 1.54) is 50.5 Å². The Hall–Kier alpha value is -2.92. The van der Waals surface area contributed by atoms with Gasteiger partial charge in [-0.2, -0.15) is 0 Å². The number of ether oxygens (including phenoxy) is 1. The van der Waals surface area contributed by atoms with Crippen LogP contribution in [0.1, 0.15) is 148 Å². The largest absolute Gasteiger partial charge is 0.489 e. The minimum Gasteiger partial charge on any atom is -0.489 e. The van der Waals surface area contributed by atoms with E-state index in [0.717, 1.165) is 69.2 Å². The van der Waals surface area contributed by atoms with Crippen molar-refractivity contribution in [2.75, 3.05) is 6.61 Å². The van der Waals surface area contributed by atoms with Crippen molar-refractivity contribution in [1.82, 2.24) is 0 Å². The molecule has 0 saturated heterocycles. The molecule has 1 saturated carbocycles. The lowest BCUT2D eigenvalue weighted by Gasteiger charge is -2.32. The third kappa shape index (κ3) is 10.1. The zero-order chi connectivity index (χ0) is 31.1. The predicted molar refractivity (Wildman–Crippen MR) is 177 cm³/mol. The molecule has 1 N–H and O–H groups in total. The first-order valence-corrected chi connectivity index (χ1v) is 17.4. The van der Waals surface area contributed by atoms with Crippen molar-refractivity contribution in [3.05, 3.63) is 81.6 Å². The van der Waals surface area contributed by atoms with Crippen LogP contribution < -0.4 is 0 Å². The molecule has 2 aliphatic rings. The van der Waals surface area contributed by atoms with Crippen molar-refractivity contribution in [2.45, 2.75) is 121 Å². The summed E-state index contributed by atoms with van der Waals surface area (Å²) in [6.07, 6.45) is 18.8. The molecule has 6 heteroatoms. The molecule has 1 fully saturated rings. The van der Waals surface area contributed by atoms with Crippen LogP contribution in [-0.4, -0.2) is 29.2 Å². The fraction of sp³-hybridized carbons (Fsp3) is 0.553. The van der Waals surface area contributed by atoms with Crippen LogP contribution in [0.25, 0.3) is 0 Å². The van der Waals surface area contributed by atoms with Crippen LogP contribution in [0, 0.1) is 5.92 Å². The van der Waals surface area contributed by atoms with Crippen LogP contribution in [0.4, 0.5) is 0 Å². The summed E-state index contributed by atoms with van der Waals surface area (Å²) in [5.74, 6) is -0.0955. The zero-order valence-corrected chi connectivity index (χ0v) is 26.9. The zero-order valence-electron chi connectivity index (χ0n) is 26.2. The fourth-order valence-corrected chi connectivity index (χ4v) is 6.96. The Kier molecular flexibility index (Phi) is 14.0. The van der Waals surface area contributed by atoms with Crippen LogP contribution in [0.2, 0.25) is 5.02 Å². The molecule has 238 valence electrons. The summed E-state index contributed by atoms with van der Waals surface area (Å²) in [7, 11) is 0. The number of aliphatic carboxylic acids is 1. The van der Waals surface area contributed by atoms with E-state index in [9.17, 15) is 14.4 Å². The molecule has 4 rings (SSSR count). The minimum absolute atomic E-state index is 0.0373. The quantitative estimate of drug-likeness (QED) is 0.158. The number of Topliss-reactive ketones (excluding diaryl/α,β-unsaturated/α-hetero) is 2. The maximum Gasteiger partial charge on any atom is 0.303 e. The number of ketones is 2. The number of unbranched alkanes of at least 4 members (excludes halogenated alkanes) is 12. The number of carboxylic acids is 1. The first-order valence-electron chi connectivity index (χ1n) is 17.0. The molecule has 2 aliphatic carbocycles. The lowest BCUT2D eigenvalue weighted by molar-refractivity contribution is -0.137. The molecular formula is C38H49ClO5. The van der Waals surface area contributed by atoms with Gasteiger partial charge in [-0.25, -0.2) is 0 Å². The highest BCUT2D eigenvalue weighted by molar-refractivity contribution is 6.30. The third-order valence-electron chi connectivity index (χ3n) is 9.37. The Morgan fingerprint density at radius 2 is 1.14 bits per heavy atom. The van der Waals surface area contributed by atoms with Gasteiger partial charge in [0.1, 0.15) is 0 Å². The number of allylic oxidation sites excluding steroid dienone is 2. The number of hydrogen-bond donors (Lipinski definition) is 1. The van der Waals surface area contributed by atoms with Gasteiger partial charge in [-0.15, -0.1) is 0 Å². The first kappa shape index (κ1) is 34.0. The van der Waals surface area contributed by atoms with E-state index in [1.807, 2.05) is 24.3 Å². The molecule has 0 radical (unpaired) electrons. The van der Waals surface area contributed by atoms with Gasteiger partial charge < -0.3 is 9.84 Å². The van der Waals surface area contributed by atoms with Crippen molar-refractivity contribution in [3.63, 3.8) is 0 Å². The maximum atomic E-state index is 13.7. The minimum atomic E-state index is -0.689. The van der Waals surface area contributed by atoms with E-state index in [4.69, 9.17) is 21.4 Å². The Balaban J connectivity index is 1.18. The SMILES string of the molecule is O=C(O)CCCCCCCCCCCCCCCOC1=C(C2CCC(c3ccc(Cl)cc3)CC2)C(=O)c2ccccc2C1=O. The van der Waals surface area contributed by atoms with E-state index in [0.29, 0.717) is 41.4 Å². The molecule has 0 aliphatic heterocycles. The summed E-state index contributed by atoms with van der Waals surface area (Å²) in [6.45, 7) is 0.465. The normalized spacial score (nSPS) is 18.4. The highest BCUT2D eigenvalue weighted by Crippen LogP contribution is 2.42. The summed E-state index contributed by atoms with van der Waals surface area (Å²) in [4.78, 5) is 37.8. The Bertz CT molecular complexity index is 1260. The van der Waals surface area contributed by atoms with Crippen LogP contribution in [0.15, 0.2) is 59.9 Å². The third-order valence-corrected chi connectivity index (χ3v) is 9.62. The second kappa shape index (κ2) is 18.1. The van der Waals surface area contributed by atoms with Gasteiger partial charge in [0.05, 0.1) is 6.61 Å². The number of fused-ring (bicyclic) bond motifs is 1. The van der Waals surface area contributed by atoms with E-state index < -0.39 is 5.97 Å². The van der Waals surface area contributed by atoms with Crippen LogP contribution >= 0.6 is 11.6 Å². The lowest BCUT2D eigenvalue weighted by Crippen LogP contribution is -2.29. The van der Waals surface area contributed by atoms with Crippen molar-refractivity contribution >= 4 is 29.1 Å². The second-order valence-corrected chi connectivity index (χ2v) is 13.1. The van der Waals surface area contributed by atoms with Gasteiger partial charge in [0.15, 0.2) is 11.5 Å². The monoisotopic (exact) mass is 620 g/mol. The number of rotatable bonds is 19. The molecule has 0 heterocycles. The van der Waals surface area contributed by atoms with Gasteiger partial charge in [-0.05, 0) is 68.1 Å². The molecule has 5 nitrogen and oxygen atoms in total. The summed E-state index contributed by atoms with van der Waals surface area (Å²) in [5, 5.41) is 9.42. The summed E-state index contributed by atoms with van der Waals surface area (Å²) < 4.78 is 6.20. The predicted octanol–water partition coefficient (Wildman–Crippen LogP) is 10.5. The number of halogens is 1. The van der Waals surface area contributed by atoms with E-state index in [1.54, 1.807) is 12.1 Å². The van der Waals surface area contributed by atoms with Gasteiger partial charge in [-0.1, -0.05) is 119 Å². The molecule has 0 amide bonds. The van der Waals surface area contributed by atoms with E-state index in [-0.39, 0.29) is 17.5 Å². The average molecular weight is 621 g/mol. The molecule has 0 aromatic heterocycles. The molecule has 2 aromatic rings. The Morgan fingerprint density at radius 3 is 1.68 bits per heavy atom. The van der Waals surface area contributed by atoms with Gasteiger partial charge in [-0.3, -0.25) is 14.4 Å². The van der Waals surface area contributed by atoms with Crippen LogP contribution in [-0.2, 0) is 9.53 Å². The van der Waals surface area contributed by atoms with Crippen LogP contribution in [0.3, 0.4) is 0 Å². The average Bonchev–Trinajstić information content (AvgIpc) is 3.03. The molecule has 0 spiro atoms. The Labute approximate surface area is 268 Å². The van der Waals surface area contributed by atoms with Crippen molar-refractivity contribution in [2.24, 2.45) is 5.92 Å². The first-order chi connectivity index (χ1) is 21.5. The Morgan fingerprint density at radius 1 is 0.659 bits per heavy atom. The molecule has 0 bridgehead atoms. The number of carboxylic acid groups (broad SMARTS) is 1. The molecular weight excluding hydrogens is 572 g/mol.